The van der Waals surface area contributed by atoms with Crippen molar-refractivity contribution in [2.45, 2.75) is 58.9 Å². The number of aryl methyl sites for hydroxylation is 1. The van der Waals surface area contributed by atoms with Crippen LogP contribution in [0, 0.1) is 30.4 Å². The summed E-state index contributed by atoms with van der Waals surface area (Å²) in [6, 6.07) is 2.73. The van der Waals surface area contributed by atoms with Gasteiger partial charge >= 0.3 is 0 Å². The fourth-order valence-electron chi connectivity index (χ4n) is 3.55. The molecule has 0 heterocycles. The first-order valence-corrected chi connectivity index (χ1v) is 8.26. The van der Waals surface area contributed by atoms with Crippen molar-refractivity contribution < 1.29 is 8.78 Å². The van der Waals surface area contributed by atoms with Crippen molar-refractivity contribution >= 4 is 0 Å². The van der Waals surface area contributed by atoms with E-state index in [9.17, 15) is 8.78 Å². The van der Waals surface area contributed by atoms with Crippen molar-refractivity contribution in [3.8, 4) is 0 Å². The molecule has 1 nitrogen and oxygen atoms in total. The van der Waals surface area contributed by atoms with Gasteiger partial charge in [-0.1, -0.05) is 32.8 Å². The highest BCUT2D eigenvalue weighted by atomic mass is 19.1. The number of halogens is 2. The second-order valence-corrected chi connectivity index (χ2v) is 6.37. The quantitative estimate of drug-likeness (QED) is 0.766. The first kappa shape index (κ1) is 16.4. The summed E-state index contributed by atoms with van der Waals surface area (Å²) in [5.74, 6) is 0.263. The predicted molar refractivity (Wildman–Crippen MR) is 83.3 cm³/mol. The van der Waals surface area contributed by atoms with Gasteiger partial charge in [-0.25, -0.2) is 8.78 Å². The molecule has 0 saturated heterocycles. The van der Waals surface area contributed by atoms with Crippen LogP contribution in [0.3, 0.4) is 0 Å². The van der Waals surface area contributed by atoms with E-state index < -0.39 is 5.82 Å². The highest BCUT2D eigenvalue weighted by molar-refractivity contribution is 5.30. The standard InChI is InChI=1S/C18H27F2N/c1-4-10-21-18(14-8-7-13(5-2)11-14)16-15(19)9-6-12(3)17(16)20/h6,9,13-14,18,21H,4-5,7-8,10-11H2,1-3H3. The summed E-state index contributed by atoms with van der Waals surface area (Å²) >= 11 is 0. The van der Waals surface area contributed by atoms with Crippen molar-refractivity contribution in [1.29, 1.82) is 0 Å². The minimum atomic E-state index is -0.411. The molecule has 1 aromatic carbocycles. The van der Waals surface area contributed by atoms with Crippen LogP contribution in [0.1, 0.15) is 63.1 Å². The molecule has 1 saturated carbocycles. The van der Waals surface area contributed by atoms with E-state index in [1.807, 2.05) is 0 Å². The molecule has 1 fully saturated rings. The molecule has 0 radical (unpaired) electrons. The molecule has 3 atom stereocenters. The fraction of sp³-hybridized carbons (Fsp3) is 0.667. The maximum Gasteiger partial charge on any atom is 0.133 e. The van der Waals surface area contributed by atoms with Gasteiger partial charge in [0, 0.05) is 11.6 Å². The molecule has 3 unspecified atom stereocenters. The predicted octanol–water partition coefficient (Wildman–Crippen LogP) is 5.14. The number of hydrogen-bond donors (Lipinski definition) is 1. The van der Waals surface area contributed by atoms with Crippen LogP contribution in [0.15, 0.2) is 12.1 Å². The Labute approximate surface area is 127 Å². The van der Waals surface area contributed by atoms with E-state index in [2.05, 4.69) is 19.2 Å². The minimum absolute atomic E-state index is 0.193. The van der Waals surface area contributed by atoms with Crippen molar-refractivity contribution in [3.05, 3.63) is 34.9 Å². The smallest absolute Gasteiger partial charge is 0.133 e. The van der Waals surface area contributed by atoms with Crippen molar-refractivity contribution in [1.82, 2.24) is 5.32 Å². The Bertz CT molecular complexity index is 473. The maximum atomic E-state index is 14.5. The Morgan fingerprint density at radius 3 is 2.62 bits per heavy atom. The van der Waals surface area contributed by atoms with Crippen LogP contribution in [-0.2, 0) is 0 Å². The summed E-state index contributed by atoms with van der Waals surface area (Å²) in [6.45, 7) is 6.79. The zero-order chi connectivity index (χ0) is 15.4. The molecule has 0 aliphatic heterocycles. The lowest BCUT2D eigenvalue weighted by Crippen LogP contribution is -2.30. The Morgan fingerprint density at radius 1 is 1.24 bits per heavy atom. The number of benzene rings is 1. The zero-order valence-electron chi connectivity index (χ0n) is 13.4. The summed E-state index contributed by atoms with van der Waals surface area (Å²) in [6.07, 6.45) is 5.45. The van der Waals surface area contributed by atoms with Gasteiger partial charge < -0.3 is 5.32 Å². The van der Waals surface area contributed by atoms with Gasteiger partial charge in [0.15, 0.2) is 0 Å². The van der Waals surface area contributed by atoms with Gasteiger partial charge in [0.1, 0.15) is 11.6 Å². The van der Waals surface area contributed by atoms with Gasteiger partial charge in [-0.2, -0.15) is 0 Å². The third-order valence-corrected chi connectivity index (χ3v) is 4.88. The van der Waals surface area contributed by atoms with E-state index in [-0.39, 0.29) is 17.4 Å². The van der Waals surface area contributed by atoms with Gasteiger partial charge in [0.2, 0.25) is 0 Å². The normalized spacial score (nSPS) is 23.5. The maximum absolute atomic E-state index is 14.5. The molecule has 0 bridgehead atoms. The molecule has 118 valence electrons. The summed E-state index contributed by atoms with van der Waals surface area (Å²) in [5.41, 5.74) is 0.782. The number of rotatable bonds is 6. The van der Waals surface area contributed by atoms with Gasteiger partial charge in [0.25, 0.3) is 0 Å². The van der Waals surface area contributed by atoms with E-state index >= 15 is 0 Å². The van der Waals surface area contributed by atoms with Gasteiger partial charge in [-0.05, 0) is 56.2 Å². The van der Waals surface area contributed by atoms with Crippen LogP contribution >= 0.6 is 0 Å². The highest BCUT2D eigenvalue weighted by Crippen LogP contribution is 2.41. The van der Waals surface area contributed by atoms with E-state index in [4.69, 9.17) is 0 Å². The molecule has 0 spiro atoms. The summed E-state index contributed by atoms with van der Waals surface area (Å²) in [7, 11) is 0. The minimum Gasteiger partial charge on any atom is -0.310 e. The lowest BCUT2D eigenvalue weighted by Gasteiger charge is -2.27. The Kier molecular flexibility index (Phi) is 5.74. The molecule has 3 heteroatoms. The third kappa shape index (κ3) is 3.63. The molecular weight excluding hydrogens is 268 g/mol. The van der Waals surface area contributed by atoms with E-state index in [0.29, 0.717) is 17.4 Å². The monoisotopic (exact) mass is 295 g/mol. The van der Waals surface area contributed by atoms with Crippen molar-refractivity contribution in [2.75, 3.05) is 6.54 Å². The van der Waals surface area contributed by atoms with Crippen LogP contribution in [0.25, 0.3) is 0 Å². The number of hydrogen-bond acceptors (Lipinski definition) is 1. The van der Waals surface area contributed by atoms with Crippen LogP contribution in [0.2, 0.25) is 0 Å². The third-order valence-electron chi connectivity index (χ3n) is 4.88. The Hall–Kier alpha value is -0.960. The Morgan fingerprint density at radius 2 is 2.00 bits per heavy atom. The largest absolute Gasteiger partial charge is 0.310 e. The van der Waals surface area contributed by atoms with Crippen LogP contribution in [0.4, 0.5) is 8.78 Å². The molecule has 1 aliphatic rings. The van der Waals surface area contributed by atoms with Gasteiger partial charge in [0.05, 0.1) is 0 Å². The second-order valence-electron chi connectivity index (χ2n) is 6.37. The first-order chi connectivity index (χ1) is 10.1. The molecule has 1 aliphatic carbocycles. The molecule has 0 amide bonds. The lowest BCUT2D eigenvalue weighted by molar-refractivity contribution is 0.333. The number of nitrogens with one attached hydrogen (secondary N) is 1. The van der Waals surface area contributed by atoms with Crippen LogP contribution in [-0.4, -0.2) is 6.54 Å². The summed E-state index contributed by atoms with van der Waals surface area (Å²) < 4.78 is 28.8. The Balaban J connectivity index is 2.30. The molecule has 21 heavy (non-hydrogen) atoms. The molecule has 1 N–H and O–H groups in total. The van der Waals surface area contributed by atoms with Crippen molar-refractivity contribution in [3.63, 3.8) is 0 Å². The second kappa shape index (κ2) is 7.35. The molecular formula is C18H27F2N. The molecule has 2 rings (SSSR count). The van der Waals surface area contributed by atoms with Gasteiger partial charge in [-0.3, -0.25) is 0 Å². The van der Waals surface area contributed by atoms with Crippen molar-refractivity contribution in [2.24, 2.45) is 11.8 Å². The fourth-order valence-corrected chi connectivity index (χ4v) is 3.55. The average molecular weight is 295 g/mol. The average Bonchev–Trinajstić information content (AvgIpc) is 2.95. The summed E-state index contributed by atoms with van der Waals surface area (Å²) in [4.78, 5) is 0. The first-order valence-electron chi connectivity index (χ1n) is 8.26. The lowest BCUT2D eigenvalue weighted by atomic mass is 9.88. The topological polar surface area (TPSA) is 12.0 Å². The summed E-state index contributed by atoms with van der Waals surface area (Å²) in [5, 5.41) is 3.40. The van der Waals surface area contributed by atoms with Crippen LogP contribution in [0.5, 0.6) is 0 Å². The van der Waals surface area contributed by atoms with E-state index in [1.165, 1.54) is 18.6 Å². The SMILES string of the molecule is CCCNC(c1c(F)ccc(C)c1F)C1CCC(CC)C1. The van der Waals surface area contributed by atoms with Crippen LogP contribution < -0.4 is 5.32 Å². The molecule has 1 aromatic rings. The zero-order valence-corrected chi connectivity index (χ0v) is 13.4. The highest BCUT2D eigenvalue weighted by Gasteiger charge is 2.33. The molecule has 0 aromatic heterocycles. The van der Waals surface area contributed by atoms with E-state index in [1.54, 1.807) is 6.92 Å². The van der Waals surface area contributed by atoms with E-state index in [0.717, 1.165) is 32.2 Å². The van der Waals surface area contributed by atoms with Gasteiger partial charge in [-0.15, -0.1) is 0 Å².